The fourth-order valence-corrected chi connectivity index (χ4v) is 2.59. The maximum Gasteiger partial charge on any atom is 0.340 e. The second-order valence-corrected chi connectivity index (χ2v) is 4.97. The van der Waals surface area contributed by atoms with Gasteiger partial charge in [0.25, 0.3) is 0 Å². The van der Waals surface area contributed by atoms with Crippen LogP contribution in [-0.4, -0.2) is 25.2 Å². The van der Waals surface area contributed by atoms with E-state index in [-0.39, 0.29) is 24.7 Å². The normalized spacial score (nSPS) is 17.1. The zero-order valence-corrected chi connectivity index (χ0v) is 13.4. The van der Waals surface area contributed by atoms with Gasteiger partial charge in [0.05, 0.1) is 25.2 Å². The number of rotatable bonds is 5. The molecule has 0 saturated carbocycles. The maximum absolute atomic E-state index is 12.3. The summed E-state index contributed by atoms with van der Waals surface area (Å²) in [5.41, 5.74) is 6.34. The molecule has 0 amide bonds. The third-order valence-corrected chi connectivity index (χ3v) is 3.56. The molecule has 0 radical (unpaired) electrons. The number of hydrogen-bond donors (Lipinski definition) is 1. The van der Waals surface area contributed by atoms with Gasteiger partial charge < -0.3 is 19.9 Å². The molecule has 1 aromatic rings. The van der Waals surface area contributed by atoms with Crippen LogP contribution in [0.15, 0.2) is 35.7 Å². The van der Waals surface area contributed by atoms with Crippen LogP contribution in [0, 0.1) is 17.2 Å². The summed E-state index contributed by atoms with van der Waals surface area (Å²) in [4.78, 5) is 24.5. The average Bonchev–Trinajstić information content (AvgIpc) is 2.55. The maximum atomic E-state index is 12.3. The van der Waals surface area contributed by atoms with Gasteiger partial charge in [-0.15, -0.1) is 0 Å². The van der Waals surface area contributed by atoms with Crippen LogP contribution >= 0.6 is 0 Å². The summed E-state index contributed by atoms with van der Waals surface area (Å²) >= 11 is 0. The van der Waals surface area contributed by atoms with E-state index in [1.807, 2.05) is 6.07 Å². The van der Waals surface area contributed by atoms with Crippen LogP contribution in [0.25, 0.3) is 0 Å². The van der Waals surface area contributed by atoms with E-state index in [0.717, 1.165) is 0 Å². The molecular formula is C17H18N2O5. The van der Waals surface area contributed by atoms with Crippen LogP contribution in [0.4, 0.5) is 0 Å². The van der Waals surface area contributed by atoms with Gasteiger partial charge in [-0.05, 0) is 19.9 Å². The van der Waals surface area contributed by atoms with E-state index >= 15 is 0 Å². The highest BCUT2D eigenvalue weighted by molar-refractivity contribution is 5.93. The third kappa shape index (κ3) is 3.18. The molecule has 7 nitrogen and oxygen atoms in total. The number of benzene rings is 1. The Morgan fingerprint density at radius 1 is 1.29 bits per heavy atom. The van der Waals surface area contributed by atoms with E-state index in [9.17, 15) is 14.9 Å². The van der Waals surface area contributed by atoms with Crippen LogP contribution in [0.1, 0.15) is 25.3 Å². The van der Waals surface area contributed by atoms with E-state index in [0.29, 0.717) is 11.3 Å². The number of nitrogens with two attached hydrogens (primary N) is 1. The Bertz CT molecular complexity index is 720. The number of nitriles is 1. The summed E-state index contributed by atoms with van der Waals surface area (Å²) in [6.07, 6.45) is 0. The number of ether oxygens (including phenoxy) is 3. The van der Waals surface area contributed by atoms with E-state index in [1.165, 1.54) is 0 Å². The monoisotopic (exact) mass is 330 g/mol. The first-order chi connectivity index (χ1) is 11.5. The summed E-state index contributed by atoms with van der Waals surface area (Å²) < 4.78 is 15.5. The first kappa shape index (κ1) is 17.3. The largest absolute Gasteiger partial charge is 0.465 e. The van der Waals surface area contributed by atoms with Crippen LogP contribution < -0.4 is 10.5 Å². The molecule has 0 aliphatic carbocycles. The highest BCUT2D eigenvalue weighted by atomic mass is 16.5. The van der Waals surface area contributed by atoms with E-state index in [2.05, 4.69) is 0 Å². The molecule has 126 valence electrons. The first-order valence-electron chi connectivity index (χ1n) is 7.54. The van der Waals surface area contributed by atoms with Gasteiger partial charge >= 0.3 is 11.9 Å². The van der Waals surface area contributed by atoms with Gasteiger partial charge in [-0.1, -0.05) is 18.2 Å². The second kappa shape index (κ2) is 7.51. The van der Waals surface area contributed by atoms with Crippen molar-refractivity contribution in [3.63, 3.8) is 0 Å². The lowest BCUT2D eigenvalue weighted by atomic mass is 9.79. The summed E-state index contributed by atoms with van der Waals surface area (Å²) in [5.74, 6) is -3.40. The Hall–Kier alpha value is -3.01. The zero-order chi connectivity index (χ0) is 17.7. The molecule has 0 aromatic heterocycles. The van der Waals surface area contributed by atoms with Crippen molar-refractivity contribution in [3.8, 4) is 11.8 Å². The van der Waals surface area contributed by atoms with Gasteiger partial charge in [0.15, 0.2) is 5.92 Å². The predicted octanol–water partition coefficient (Wildman–Crippen LogP) is 1.60. The molecule has 0 bridgehead atoms. The van der Waals surface area contributed by atoms with Gasteiger partial charge in [0.1, 0.15) is 11.3 Å². The summed E-state index contributed by atoms with van der Waals surface area (Å²) in [5, 5.41) is 9.51. The number of hydrogen-bond acceptors (Lipinski definition) is 7. The molecule has 1 aromatic carbocycles. The van der Waals surface area contributed by atoms with Gasteiger partial charge in [-0.2, -0.15) is 5.26 Å². The van der Waals surface area contributed by atoms with Crippen LogP contribution in [0.2, 0.25) is 0 Å². The molecule has 1 aliphatic heterocycles. The minimum Gasteiger partial charge on any atom is -0.465 e. The second-order valence-electron chi connectivity index (χ2n) is 4.97. The SMILES string of the molecule is CCOC(=O)C1=C(N)Oc2ccccc2C1C(C#N)C(=O)OCC. The van der Waals surface area contributed by atoms with Crippen molar-refractivity contribution < 1.29 is 23.8 Å². The minimum absolute atomic E-state index is 0.0462. The number of fused-ring (bicyclic) bond motifs is 1. The van der Waals surface area contributed by atoms with E-state index < -0.39 is 23.8 Å². The highest BCUT2D eigenvalue weighted by Crippen LogP contribution is 2.43. The van der Waals surface area contributed by atoms with Crippen molar-refractivity contribution in [2.24, 2.45) is 11.7 Å². The highest BCUT2D eigenvalue weighted by Gasteiger charge is 2.43. The van der Waals surface area contributed by atoms with Crippen molar-refractivity contribution in [1.29, 1.82) is 5.26 Å². The number of carbonyl (C=O) groups excluding carboxylic acids is 2. The van der Waals surface area contributed by atoms with Crippen LogP contribution in [-0.2, 0) is 19.1 Å². The van der Waals surface area contributed by atoms with Gasteiger partial charge in [-0.25, -0.2) is 4.79 Å². The molecular weight excluding hydrogens is 312 g/mol. The van der Waals surface area contributed by atoms with Crippen molar-refractivity contribution in [2.45, 2.75) is 19.8 Å². The quantitative estimate of drug-likeness (QED) is 0.816. The molecule has 0 saturated heterocycles. The fraction of sp³-hybridized carbons (Fsp3) is 0.353. The lowest BCUT2D eigenvalue weighted by Gasteiger charge is -2.29. The smallest absolute Gasteiger partial charge is 0.340 e. The minimum atomic E-state index is -1.24. The molecule has 2 rings (SSSR count). The van der Waals surface area contributed by atoms with Crippen molar-refractivity contribution in [1.82, 2.24) is 0 Å². The summed E-state index contributed by atoms with van der Waals surface area (Å²) in [6, 6.07) is 8.69. The summed E-state index contributed by atoms with van der Waals surface area (Å²) in [6.45, 7) is 3.53. The Morgan fingerprint density at radius 3 is 2.58 bits per heavy atom. The molecule has 0 fully saturated rings. The molecule has 7 heteroatoms. The van der Waals surface area contributed by atoms with Crippen molar-refractivity contribution in [3.05, 3.63) is 41.3 Å². The van der Waals surface area contributed by atoms with Crippen LogP contribution in [0.5, 0.6) is 5.75 Å². The Morgan fingerprint density at radius 2 is 1.96 bits per heavy atom. The number of para-hydroxylation sites is 1. The molecule has 2 atom stereocenters. The lowest BCUT2D eigenvalue weighted by Crippen LogP contribution is -2.33. The Labute approximate surface area is 139 Å². The van der Waals surface area contributed by atoms with Gasteiger partial charge in [-0.3, -0.25) is 4.79 Å². The van der Waals surface area contributed by atoms with Crippen molar-refractivity contribution in [2.75, 3.05) is 13.2 Å². The predicted molar refractivity (Wildman–Crippen MR) is 83.4 cm³/mol. The fourth-order valence-electron chi connectivity index (χ4n) is 2.59. The van der Waals surface area contributed by atoms with Gasteiger partial charge in [0.2, 0.25) is 5.88 Å². The average molecular weight is 330 g/mol. The lowest BCUT2D eigenvalue weighted by molar-refractivity contribution is -0.146. The zero-order valence-electron chi connectivity index (χ0n) is 13.4. The summed E-state index contributed by atoms with van der Waals surface area (Å²) in [7, 11) is 0. The van der Waals surface area contributed by atoms with E-state index in [1.54, 1.807) is 38.1 Å². The van der Waals surface area contributed by atoms with Crippen LogP contribution in [0.3, 0.4) is 0 Å². The number of esters is 2. The topological polar surface area (TPSA) is 112 Å². The molecule has 2 N–H and O–H groups in total. The standard InChI is InChI=1S/C17H18N2O5/c1-3-22-16(20)11(9-18)13-10-7-5-6-8-12(10)24-15(19)14(13)17(21)23-4-2/h5-8,11,13H,3-4,19H2,1-2H3. The number of carbonyl (C=O) groups is 2. The Kier molecular flexibility index (Phi) is 5.42. The molecule has 1 heterocycles. The van der Waals surface area contributed by atoms with E-state index in [4.69, 9.17) is 19.9 Å². The molecule has 24 heavy (non-hydrogen) atoms. The van der Waals surface area contributed by atoms with Crippen molar-refractivity contribution >= 4 is 11.9 Å². The Balaban J connectivity index is 2.58. The van der Waals surface area contributed by atoms with Gasteiger partial charge in [0, 0.05) is 5.56 Å². The molecule has 1 aliphatic rings. The first-order valence-corrected chi connectivity index (χ1v) is 7.54. The third-order valence-electron chi connectivity index (χ3n) is 3.56. The molecule has 0 spiro atoms. The molecule has 2 unspecified atom stereocenters. The number of nitrogens with zero attached hydrogens (tertiary/aromatic N) is 1.